The van der Waals surface area contributed by atoms with Crippen LogP contribution in [0.15, 0.2) is 0 Å². The summed E-state index contributed by atoms with van der Waals surface area (Å²) in [6.45, 7) is -0.193. The third kappa shape index (κ3) is 3.20. The van der Waals surface area contributed by atoms with Crippen molar-refractivity contribution in [3.05, 3.63) is 0 Å². The molecule has 4 saturated carbocycles. The quantitative estimate of drug-likeness (QED) is 0.407. The standard InChI is InChI=1S/C18H24F4O4/c1-15(19,20)18(21,22)3-2-4-26-14(25)17-8-11-5-12(9-17)7-16(6-11,10-17)13(23)24/h11-12H,2-10H2,1H3,(H,23,24). The van der Waals surface area contributed by atoms with Crippen molar-refractivity contribution in [2.45, 2.75) is 70.1 Å². The third-order valence-corrected chi connectivity index (χ3v) is 6.46. The van der Waals surface area contributed by atoms with Crippen LogP contribution >= 0.6 is 0 Å². The predicted octanol–water partition coefficient (Wildman–Crippen LogP) is 4.27. The molecular weight excluding hydrogens is 356 g/mol. The van der Waals surface area contributed by atoms with E-state index < -0.39 is 41.0 Å². The van der Waals surface area contributed by atoms with Gasteiger partial charge >= 0.3 is 23.8 Å². The highest BCUT2D eigenvalue weighted by Gasteiger charge is 2.64. The summed E-state index contributed by atoms with van der Waals surface area (Å²) in [7, 11) is 0. The average Bonchev–Trinajstić information content (AvgIpc) is 2.48. The molecule has 0 heterocycles. The van der Waals surface area contributed by atoms with Crippen molar-refractivity contribution in [1.82, 2.24) is 0 Å². The Morgan fingerprint density at radius 2 is 1.62 bits per heavy atom. The number of rotatable bonds is 7. The molecule has 1 N–H and O–H groups in total. The molecule has 4 aliphatic carbocycles. The highest BCUT2D eigenvalue weighted by molar-refractivity contribution is 5.82. The van der Waals surface area contributed by atoms with E-state index in [1.54, 1.807) is 0 Å². The molecule has 4 nitrogen and oxygen atoms in total. The van der Waals surface area contributed by atoms with Crippen molar-refractivity contribution in [3.8, 4) is 0 Å². The summed E-state index contributed by atoms with van der Waals surface area (Å²) in [6, 6.07) is 0. The Kier molecular flexibility index (Phi) is 4.55. The summed E-state index contributed by atoms with van der Waals surface area (Å²) < 4.78 is 57.2. The second kappa shape index (κ2) is 6.09. The maximum Gasteiger partial charge on any atom is 0.312 e. The van der Waals surface area contributed by atoms with Crippen LogP contribution in [0.5, 0.6) is 0 Å². The van der Waals surface area contributed by atoms with Gasteiger partial charge < -0.3 is 9.84 Å². The van der Waals surface area contributed by atoms with Crippen LogP contribution in [0.25, 0.3) is 0 Å². The van der Waals surface area contributed by atoms with Gasteiger partial charge in [-0.1, -0.05) is 0 Å². The van der Waals surface area contributed by atoms with E-state index in [1.165, 1.54) is 0 Å². The van der Waals surface area contributed by atoms with Crippen molar-refractivity contribution in [3.63, 3.8) is 0 Å². The number of hydrogen-bond donors (Lipinski definition) is 1. The van der Waals surface area contributed by atoms with Crippen molar-refractivity contribution in [1.29, 1.82) is 0 Å². The molecule has 4 aliphatic rings. The van der Waals surface area contributed by atoms with E-state index in [0.29, 0.717) is 25.7 Å². The lowest BCUT2D eigenvalue weighted by Gasteiger charge is -2.59. The molecule has 0 aromatic rings. The monoisotopic (exact) mass is 380 g/mol. The number of alkyl halides is 4. The van der Waals surface area contributed by atoms with Crippen LogP contribution in [-0.2, 0) is 14.3 Å². The minimum atomic E-state index is -4.15. The van der Waals surface area contributed by atoms with E-state index in [-0.39, 0.29) is 38.2 Å². The molecule has 0 aromatic carbocycles. The molecule has 0 spiro atoms. The third-order valence-electron chi connectivity index (χ3n) is 6.46. The van der Waals surface area contributed by atoms with Gasteiger partial charge in [-0.25, -0.2) is 8.78 Å². The number of hydrogen-bond acceptors (Lipinski definition) is 3. The highest BCUT2D eigenvalue weighted by atomic mass is 19.3. The Morgan fingerprint density at radius 3 is 2.12 bits per heavy atom. The fourth-order valence-electron chi connectivity index (χ4n) is 5.58. The van der Waals surface area contributed by atoms with Gasteiger partial charge in [0, 0.05) is 13.3 Å². The first-order valence-corrected chi connectivity index (χ1v) is 9.05. The van der Waals surface area contributed by atoms with E-state index in [9.17, 15) is 32.3 Å². The van der Waals surface area contributed by atoms with Crippen LogP contribution in [-0.4, -0.2) is 35.5 Å². The van der Waals surface area contributed by atoms with Gasteiger partial charge in [-0.3, -0.25) is 9.59 Å². The van der Waals surface area contributed by atoms with Gasteiger partial charge in [0.1, 0.15) is 0 Å². The smallest absolute Gasteiger partial charge is 0.312 e. The average molecular weight is 380 g/mol. The summed E-state index contributed by atoms with van der Waals surface area (Å²) in [6.07, 6.45) is 2.00. The van der Waals surface area contributed by atoms with Gasteiger partial charge in [-0.15, -0.1) is 0 Å². The molecule has 26 heavy (non-hydrogen) atoms. The summed E-state index contributed by atoms with van der Waals surface area (Å²) in [5, 5.41) is 9.65. The summed E-state index contributed by atoms with van der Waals surface area (Å²) in [5.74, 6) is -9.36. The normalized spacial score (nSPS) is 36.2. The van der Waals surface area contributed by atoms with Gasteiger partial charge in [0.05, 0.1) is 17.4 Å². The SMILES string of the molecule is CC(F)(F)C(F)(F)CCCOC(=O)C12CC3CC(CC(C(=O)O)(C3)C1)C2. The van der Waals surface area contributed by atoms with Crippen LogP contribution in [0.3, 0.4) is 0 Å². The molecule has 0 aromatic heterocycles. The largest absolute Gasteiger partial charge is 0.481 e. The molecule has 4 fully saturated rings. The van der Waals surface area contributed by atoms with E-state index in [1.807, 2.05) is 0 Å². The molecular formula is C18H24F4O4. The van der Waals surface area contributed by atoms with E-state index in [2.05, 4.69) is 0 Å². The van der Waals surface area contributed by atoms with E-state index in [4.69, 9.17) is 4.74 Å². The van der Waals surface area contributed by atoms with Gasteiger partial charge in [0.15, 0.2) is 0 Å². The summed E-state index contributed by atoms with van der Waals surface area (Å²) >= 11 is 0. The second-order valence-corrected chi connectivity index (χ2v) is 8.66. The first-order valence-electron chi connectivity index (χ1n) is 9.05. The van der Waals surface area contributed by atoms with E-state index in [0.717, 1.165) is 6.42 Å². The lowest BCUT2D eigenvalue weighted by molar-refractivity contribution is -0.204. The minimum Gasteiger partial charge on any atom is -0.481 e. The topological polar surface area (TPSA) is 63.6 Å². The lowest BCUT2D eigenvalue weighted by atomic mass is 9.44. The first-order chi connectivity index (χ1) is 11.9. The molecule has 8 heteroatoms. The number of ether oxygens (including phenoxy) is 1. The fraction of sp³-hybridized carbons (Fsp3) is 0.889. The minimum absolute atomic E-state index is 0.166. The maximum atomic E-state index is 13.3. The van der Waals surface area contributed by atoms with Crippen molar-refractivity contribution < 1.29 is 37.0 Å². The van der Waals surface area contributed by atoms with Gasteiger partial charge in [0.25, 0.3) is 0 Å². The number of halogens is 4. The van der Waals surface area contributed by atoms with E-state index >= 15 is 0 Å². The van der Waals surface area contributed by atoms with Crippen molar-refractivity contribution in [2.75, 3.05) is 6.61 Å². The number of carbonyl (C=O) groups excluding carboxylic acids is 1. The Balaban J connectivity index is 1.59. The number of carboxylic acids is 1. The Hall–Kier alpha value is -1.34. The Labute approximate surface area is 149 Å². The van der Waals surface area contributed by atoms with Crippen LogP contribution in [0, 0.1) is 22.7 Å². The Morgan fingerprint density at radius 1 is 1.08 bits per heavy atom. The molecule has 2 atom stereocenters. The zero-order valence-electron chi connectivity index (χ0n) is 14.7. The second-order valence-electron chi connectivity index (χ2n) is 8.66. The van der Waals surface area contributed by atoms with Crippen molar-refractivity contribution >= 4 is 11.9 Å². The molecule has 2 unspecified atom stereocenters. The van der Waals surface area contributed by atoms with Gasteiger partial charge in [-0.2, -0.15) is 8.78 Å². The molecule has 0 saturated heterocycles. The molecule has 0 aliphatic heterocycles. The highest BCUT2D eigenvalue weighted by Crippen LogP contribution is 2.65. The summed E-state index contributed by atoms with van der Waals surface area (Å²) in [5.41, 5.74) is -1.75. The van der Waals surface area contributed by atoms with Crippen LogP contribution in [0.2, 0.25) is 0 Å². The lowest BCUT2D eigenvalue weighted by Crippen LogP contribution is -2.57. The fourth-order valence-corrected chi connectivity index (χ4v) is 5.58. The number of esters is 1. The number of carbonyl (C=O) groups is 2. The van der Waals surface area contributed by atoms with Crippen LogP contribution < -0.4 is 0 Å². The zero-order chi connectivity index (χ0) is 19.4. The predicted molar refractivity (Wildman–Crippen MR) is 82.9 cm³/mol. The van der Waals surface area contributed by atoms with Gasteiger partial charge in [0.2, 0.25) is 0 Å². The molecule has 0 amide bonds. The Bertz CT molecular complexity index is 584. The molecule has 0 radical (unpaired) electrons. The number of aliphatic carboxylic acids is 1. The van der Waals surface area contributed by atoms with Crippen LogP contribution in [0.4, 0.5) is 17.6 Å². The van der Waals surface area contributed by atoms with Crippen LogP contribution in [0.1, 0.15) is 58.3 Å². The number of carboxylic acid groups (broad SMARTS) is 1. The zero-order valence-corrected chi connectivity index (χ0v) is 14.7. The van der Waals surface area contributed by atoms with Gasteiger partial charge in [-0.05, 0) is 56.8 Å². The first kappa shape index (κ1) is 19.4. The molecule has 148 valence electrons. The molecule has 4 rings (SSSR count). The molecule has 4 bridgehead atoms. The summed E-state index contributed by atoms with van der Waals surface area (Å²) in [4.78, 5) is 24.4. The van der Waals surface area contributed by atoms with Crippen molar-refractivity contribution in [2.24, 2.45) is 22.7 Å². The maximum absolute atomic E-state index is 13.3.